The van der Waals surface area contributed by atoms with Gasteiger partial charge in [0.15, 0.2) is 12.3 Å². The van der Waals surface area contributed by atoms with E-state index in [1.807, 2.05) is 54.6 Å². The van der Waals surface area contributed by atoms with E-state index in [0.29, 0.717) is 11.5 Å². The highest BCUT2D eigenvalue weighted by atomic mass is 19.1. The lowest BCUT2D eigenvalue weighted by atomic mass is 10.1. The molecule has 3 aromatic rings. The van der Waals surface area contributed by atoms with Crippen LogP contribution >= 0.6 is 0 Å². The maximum absolute atomic E-state index is 14.3. The highest BCUT2D eigenvalue weighted by Crippen LogP contribution is 2.22. The molecule has 5 nitrogen and oxygen atoms in total. The first-order chi connectivity index (χ1) is 15.9. The molecule has 2 unspecified atom stereocenters. The van der Waals surface area contributed by atoms with Crippen molar-refractivity contribution in [3.05, 3.63) is 84.4 Å². The van der Waals surface area contributed by atoms with Crippen molar-refractivity contribution in [2.45, 2.75) is 38.6 Å². The van der Waals surface area contributed by atoms with Gasteiger partial charge in [-0.15, -0.1) is 0 Å². The summed E-state index contributed by atoms with van der Waals surface area (Å²) in [6.07, 6.45) is -2.27. The molecule has 1 N–H and O–H groups in total. The number of halogens is 1. The Kier molecular flexibility index (Phi) is 8.84. The second-order valence-corrected chi connectivity index (χ2v) is 7.97. The smallest absolute Gasteiger partial charge is 0.333 e. The lowest BCUT2D eigenvalue weighted by Gasteiger charge is -2.17. The van der Waals surface area contributed by atoms with Crippen LogP contribution in [-0.4, -0.2) is 42.7 Å². The van der Waals surface area contributed by atoms with E-state index in [1.165, 1.54) is 0 Å². The summed E-state index contributed by atoms with van der Waals surface area (Å²) >= 11 is 0. The maximum Gasteiger partial charge on any atom is 0.333 e. The average molecular weight is 453 g/mol. The minimum Gasteiger partial charge on any atom is -0.490 e. The van der Waals surface area contributed by atoms with E-state index < -0.39 is 18.2 Å². The molecule has 0 saturated heterocycles. The predicted octanol–water partition coefficient (Wildman–Crippen LogP) is 5.57. The molecule has 0 saturated carbocycles. The van der Waals surface area contributed by atoms with Gasteiger partial charge in [0, 0.05) is 6.42 Å². The van der Waals surface area contributed by atoms with Gasteiger partial charge < -0.3 is 19.3 Å². The number of rotatable bonds is 12. The Morgan fingerprint density at radius 1 is 0.848 bits per heavy atom. The average Bonchev–Trinajstić information content (AvgIpc) is 2.82. The van der Waals surface area contributed by atoms with Gasteiger partial charge >= 0.3 is 5.97 Å². The minimum atomic E-state index is -1.32. The number of ether oxygens (including phenoxy) is 3. The van der Waals surface area contributed by atoms with Gasteiger partial charge in [-0.05, 0) is 54.8 Å². The van der Waals surface area contributed by atoms with Crippen LogP contribution in [0.5, 0.6) is 11.5 Å². The van der Waals surface area contributed by atoms with Crippen molar-refractivity contribution in [1.82, 2.24) is 0 Å². The van der Waals surface area contributed by atoms with Gasteiger partial charge in [0.25, 0.3) is 0 Å². The SMILES string of the molecule is CC(C)OC(Cc1cccc(OCC(F)COc2ccc(-c3ccccc3)cc2)c1)C(=O)O. The van der Waals surface area contributed by atoms with E-state index in [2.05, 4.69) is 0 Å². The number of hydrogen-bond acceptors (Lipinski definition) is 4. The highest BCUT2D eigenvalue weighted by molar-refractivity contribution is 5.72. The fourth-order valence-corrected chi connectivity index (χ4v) is 3.29. The number of hydrogen-bond donors (Lipinski definition) is 1. The Bertz CT molecular complexity index is 1000. The zero-order valence-electron chi connectivity index (χ0n) is 18.8. The summed E-state index contributed by atoms with van der Waals surface area (Å²) < 4.78 is 30.9. The van der Waals surface area contributed by atoms with Gasteiger partial charge in [0.1, 0.15) is 24.7 Å². The van der Waals surface area contributed by atoms with Gasteiger partial charge in [-0.3, -0.25) is 0 Å². The molecule has 0 amide bonds. The Hall–Kier alpha value is -3.38. The van der Waals surface area contributed by atoms with Crippen LogP contribution in [0.4, 0.5) is 4.39 Å². The molecule has 2 atom stereocenters. The summed E-state index contributed by atoms with van der Waals surface area (Å²) in [4.78, 5) is 11.4. The first kappa shape index (κ1) is 24.3. The highest BCUT2D eigenvalue weighted by Gasteiger charge is 2.20. The van der Waals surface area contributed by atoms with Crippen LogP contribution < -0.4 is 9.47 Å². The van der Waals surface area contributed by atoms with Crippen LogP contribution in [0.1, 0.15) is 19.4 Å². The van der Waals surface area contributed by atoms with Crippen molar-refractivity contribution >= 4 is 5.97 Å². The Morgan fingerprint density at radius 3 is 2.12 bits per heavy atom. The number of aliphatic carboxylic acids is 1. The topological polar surface area (TPSA) is 65.0 Å². The molecule has 0 aliphatic rings. The Labute approximate surface area is 193 Å². The van der Waals surface area contributed by atoms with Gasteiger partial charge in [0.05, 0.1) is 6.10 Å². The van der Waals surface area contributed by atoms with Gasteiger partial charge in [-0.25, -0.2) is 9.18 Å². The molecule has 3 aromatic carbocycles. The zero-order chi connectivity index (χ0) is 23.6. The molecule has 0 aliphatic carbocycles. The van der Waals surface area contributed by atoms with Crippen LogP contribution in [0.25, 0.3) is 11.1 Å². The van der Waals surface area contributed by atoms with Gasteiger partial charge in [0.2, 0.25) is 0 Å². The molecule has 6 heteroatoms. The molecule has 33 heavy (non-hydrogen) atoms. The summed E-state index contributed by atoms with van der Waals surface area (Å²) in [5.41, 5.74) is 2.91. The molecule has 174 valence electrons. The number of carboxylic acid groups (broad SMARTS) is 1. The summed E-state index contributed by atoms with van der Waals surface area (Å²) in [6.45, 7) is 3.28. The normalized spacial score (nSPS) is 12.8. The number of alkyl halides is 1. The van der Waals surface area contributed by atoms with E-state index in [0.717, 1.165) is 16.7 Å². The van der Waals surface area contributed by atoms with Crippen molar-refractivity contribution in [3.8, 4) is 22.6 Å². The molecule has 0 aromatic heterocycles. The Balaban J connectivity index is 1.47. The summed E-state index contributed by atoms with van der Waals surface area (Å²) in [6, 6.07) is 24.4. The van der Waals surface area contributed by atoms with Crippen LogP contribution in [0, 0.1) is 0 Å². The third-order valence-electron chi connectivity index (χ3n) is 4.85. The van der Waals surface area contributed by atoms with Gasteiger partial charge in [-0.1, -0.05) is 54.6 Å². The molecular formula is C27H29FO5. The summed E-state index contributed by atoms with van der Waals surface area (Å²) in [5.74, 6) is 0.0352. The van der Waals surface area contributed by atoms with E-state index in [9.17, 15) is 14.3 Å². The van der Waals surface area contributed by atoms with Crippen molar-refractivity contribution in [2.24, 2.45) is 0 Å². The van der Waals surface area contributed by atoms with E-state index in [4.69, 9.17) is 14.2 Å². The molecule has 3 rings (SSSR count). The largest absolute Gasteiger partial charge is 0.490 e. The second-order valence-electron chi connectivity index (χ2n) is 7.97. The monoisotopic (exact) mass is 452 g/mol. The van der Waals surface area contributed by atoms with E-state index >= 15 is 0 Å². The zero-order valence-corrected chi connectivity index (χ0v) is 18.8. The quantitative estimate of drug-likeness (QED) is 0.389. The summed E-state index contributed by atoms with van der Waals surface area (Å²) in [5, 5.41) is 9.34. The molecule has 0 aliphatic heterocycles. The maximum atomic E-state index is 14.3. The van der Waals surface area contributed by atoms with Crippen molar-refractivity contribution < 1.29 is 28.5 Å². The molecular weight excluding hydrogens is 423 g/mol. The second kappa shape index (κ2) is 12.0. The Morgan fingerprint density at radius 2 is 1.48 bits per heavy atom. The molecule has 0 heterocycles. The van der Waals surface area contributed by atoms with Crippen molar-refractivity contribution in [1.29, 1.82) is 0 Å². The predicted molar refractivity (Wildman–Crippen MR) is 126 cm³/mol. The van der Waals surface area contributed by atoms with E-state index in [-0.39, 0.29) is 25.7 Å². The molecule has 0 fully saturated rings. The van der Waals surface area contributed by atoms with Crippen LogP contribution in [-0.2, 0) is 16.0 Å². The minimum absolute atomic E-state index is 0.131. The molecule has 0 spiro atoms. The van der Waals surface area contributed by atoms with Crippen molar-refractivity contribution in [3.63, 3.8) is 0 Å². The van der Waals surface area contributed by atoms with Crippen LogP contribution in [0.3, 0.4) is 0 Å². The first-order valence-electron chi connectivity index (χ1n) is 10.9. The van der Waals surface area contributed by atoms with Gasteiger partial charge in [-0.2, -0.15) is 0 Å². The third kappa shape index (κ3) is 7.91. The lowest BCUT2D eigenvalue weighted by Crippen LogP contribution is -2.29. The first-order valence-corrected chi connectivity index (χ1v) is 10.9. The van der Waals surface area contributed by atoms with Crippen molar-refractivity contribution in [2.75, 3.05) is 13.2 Å². The summed E-state index contributed by atoms with van der Waals surface area (Å²) in [7, 11) is 0. The fourth-order valence-electron chi connectivity index (χ4n) is 3.29. The molecule has 0 bridgehead atoms. The fraction of sp³-hybridized carbons (Fsp3) is 0.296. The number of benzene rings is 3. The van der Waals surface area contributed by atoms with Crippen LogP contribution in [0.2, 0.25) is 0 Å². The number of carbonyl (C=O) groups is 1. The standard InChI is InChI=1S/C27H29FO5/c1-19(2)33-26(27(29)30)16-20-7-6-10-25(15-20)32-18-23(28)17-31-24-13-11-22(12-14-24)21-8-4-3-5-9-21/h3-15,19,23,26H,16-18H2,1-2H3,(H,29,30). The molecule has 0 radical (unpaired) electrons. The lowest BCUT2D eigenvalue weighted by molar-refractivity contribution is -0.153. The van der Waals surface area contributed by atoms with E-state index in [1.54, 1.807) is 38.1 Å². The number of carboxylic acids is 1. The van der Waals surface area contributed by atoms with Crippen LogP contribution in [0.15, 0.2) is 78.9 Å². The third-order valence-corrected chi connectivity index (χ3v) is 4.85.